The van der Waals surface area contributed by atoms with Gasteiger partial charge in [-0.05, 0) is 61.2 Å². The zero-order valence-corrected chi connectivity index (χ0v) is 20.0. The average molecular weight is 477 g/mol. The van der Waals surface area contributed by atoms with Crippen molar-refractivity contribution in [2.45, 2.75) is 31.8 Å². The number of para-hydroxylation sites is 1. The van der Waals surface area contributed by atoms with Crippen LogP contribution in [-0.4, -0.2) is 49.8 Å². The van der Waals surface area contributed by atoms with Crippen molar-refractivity contribution in [2.75, 3.05) is 32.9 Å². The quantitative estimate of drug-likeness (QED) is 0.585. The molecule has 1 N–H and O–H groups in total. The summed E-state index contributed by atoms with van der Waals surface area (Å²) in [5.74, 6) is 0.177. The van der Waals surface area contributed by atoms with E-state index in [-0.39, 0.29) is 17.8 Å². The van der Waals surface area contributed by atoms with E-state index in [1.54, 1.807) is 6.07 Å². The number of rotatable bonds is 4. The molecule has 1 aliphatic heterocycles. The molecule has 1 aliphatic rings. The van der Waals surface area contributed by atoms with Gasteiger partial charge in [0.1, 0.15) is 18.2 Å². The van der Waals surface area contributed by atoms with Crippen LogP contribution in [0.5, 0.6) is 5.75 Å². The number of amides is 1. The van der Waals surface area contributed by atoms with Gasteiger partial charge in [-0.3, -0.25) is 9.69 Å². The number of benzene rings is 3. The third-order valence-corrected chi connectivity index (χ3v) is 6.11. The largest absolute Gasteiger partial charge is 0.491 e. The Bertz CT molecular complexity index is 1060. The molecule has 3 aromatic rings. The Morgan fingerprint density at radius 1 is 0.857 bits per heavy atom. The molecule has 5 nitrogen and oxygen atoms in total. The number of halogens is 1. The van der Waals surface area contributed by atoms with E-state index >= 15 is 0 Å². The van der Waals surface area contributed by atoms with Crippen molar-refractivity contribution >= 4 is 5.91 Å². The summed E-state index contributed by atoms with van der Waals surface area (Å²) in [5, 5.41) is 3.15. The lowest BCUT2D eigenvalue weighted by Gasteiger charge is -2.23. The summed E-state index contributed by atoms with van der Waals surface area (Å²) in [6.07, 6.45) is 2.60. The zero-order valence-electron chi connectivity index (χ0n) is 20.0. The van der Waals surface area contributed by atoms with E-state index in [2.05, 4.69) is 22.3 Å². The Labute approximate surface area is 206 Å². The molecule has 0 saturated carbocycles. The van der Waals surface area contributed by atoms with Gasteiger partial charge < -0.3 is 14.8 Å². The van der Waals surface area contributed by atoms with Crippen molar-refractivity contribution in [3.8, 4) is 5.75 Å². The highest BCUT2D eigenvalue weighted by molar-refractivity contribution is 5.97. The van der Waals surface area contributed by atoms with Crippen LogP contribution in [0, 0.1) is 5.82 Å². The fraction of sp³-hybridized carbons (Fsp3) is 0.345. The standard InChI is InChI=1S/C29H33FN2O3/c30-25-14-12-24(13-15-25)21-32-16-6-7-18-34-22-26(20-23-8-2-1-3-9-23)31-29(33)27-10-4-5-11-28(27)35-19-17-32/h1-5,8-15,26H,6-7,16-22H2,(H,31,33)/t26-/m0/s1. The minimum Gasteiger partial charge on any atom is -0.491 e. The number of carbonyl (C=O) groups excluding carboxylic acids is 1. The minimum atomic E-state index is -0.230. The molecule has 1 amide bonds. The lowest BCUT2D eigenvalue weighted by atomic mass is 10.1. The first-order chi connectivity index (χ1) is 17.2. The SMILES string of the molecule is O=C1N[C@@H](Cc2ccccc2)COCCCCN(Cc2ccc(F)cc2)CCOc2ccccc21. The molecule has 0 aromatic heterocycles. The van der Waals surface area contributed by atoms with Gasteiger partial charge in [-0.25, -0.2) is 4.39 Å². The van der Waals surface area contributed by atoms with E-state index in [1.165, 1.54) is 12.1 Å². The summed E-state index contributed by atoms with van der Waals surface area (Å²) in [6.45, 7) is 3.84. The first-order valence-corrected chi connectivity index (χ1v) is 12.3. The maximum atomic E-state index is 13.3. The smallest absolute Gasteiger partial charge is 0.255 e. The van der Waals surface area contributed by atoms with Crippen molar-refractivity contribution < 1.29 is 18.7 Å². The van der Waals surface area contributed by atoms with Crippen LogP contribution in [0.1, 0.15) is 34.3 Å². The van der Waals surface area contributed by atoms with Gasteiger partial charge in [-0.1, -0.05) is 54.6 Å². The van der Waals surface area contributed by atoms with Gasteiger partial charge in [0.05, 0.1) is 18.2 Å². The summed E-state index contributed by atoms with van der Waals surface area (Å²) in [4.78, 5) is 15.5. The van der Waals surface area contributed by atoms with Crippen LogP contribution in [0.4, 0.5) is 4.39 Å². The number of nitrogens with one attached hydrogen (secondary N) is 1. The maximum absolute atomic E-state index is 13.3. The van der Waals surface area contributed by atoms with Crippen molar-refractivity contribution in [3.63, 3.8) is 0 Å². The maximum Gasteiger partial charge on any atom is 0.255 e. The fourth-order valence-corrected chi connectivity index (χ4v) is 4.26. The fourth-order valence-electron chi connectivity index (χ4n) is 4.26. The van der Waals surface area contributed by atoms with Gasteiger partial charge >= 0.3 is 0 Å². The van der Waals surface area contributed by atoms with Crippen LogP contribution < -0.4 is 10.1 Å². The van der Waals surface area contributed by atoms with Crippen LogP contribution in [-0.2, 0) is 17.7 Å². The monoisotopic (exact) mass is 476 g/mol. The number of fused-ring (bicyclic) bond motifs is 1. The molecular formula is C29H33FN2O3. The highest BCUT2D eigenvalue weighted by Crippen LogP contribution is 2.19. The molecule has 1 heterocycles. The predicted molar refractivity (Wildman–Crippen MR) is 135 cm³/mol. The lowest BCUT2D eigenvalue weighted by molar-refractivity contribution is 0.0823. The second-order valence-corrected chi connectivity index (χ2v) is 8.89. The molecule has 0 spiro atoms. The molecule has 0 saturated heterocycles. The molecule has 3 aromatic carbocycles. The third kappa shape index (κ3) is 7.91. The Morgan fingerprint density at radius 2 is 1.63 bits per heavy atom. The van der Waals surface area contributed by atoms with Crippen LogP contribution in [0.3, 0.4) is 0 Å². The average Bonchev–Trinajstić information content (AvgIpc) is 2.88. The Kier molecular flexibility index (Phi) is 9.26. The topological polar surface area (TPSA) is 50.8 Å². The molecule has 4 rings (SSSR count). The number of carbonyl (C=O) groups is 1. The molecule has 35 heavy (non-hydrogen) atoms. The predicted octanol–water partition coefficient (Wildman–Crippen LogP) is 4.86. The molecule has 0 fully saturated rings. The molecule has 6 heteroatoms. The molecular weight excluding hydrogens is 443 g/mol. The lowest BCUT2D eigenvalue weighted by Crippen LogP contribution is -2.40. The summed E-state index contributed by atoms with van der Waals surface area (Å²) in [5.41, 5.74) is 2.73. The van der Waals surface area contributed by atoms with Crippen molar-refractivity contribution in [1.82, 2.24) is 10.2 Å². The van der Waals surface area contributed by atoms with Crippen molar-refractivity contribution in [1.29, 1.82) is 0 Å². The van der Waals surface area contributed by atoms with Gasteiger partial charge in [0.2, 0.25) is 0 Å². The number of hydrogen-bond donors (Lipinski definition) is 1. The highest BCUT2D eigenvalue weighted by atomic mass is 19.1. The third-order valence-electron chi connectivity index (χ3n) is 6.11. The van der Waals surface area contributed by atoms with Gasteiger partial charge in [0.25, 0.3) is 5.91 Å². The molecule has 1 atom stereocenters. The summed E-state index contributed by atoms with van der Waals surface area (Å²) < 4.78 is 25.4. The molecule has 0 bridgehead atoms. The van der Waals surface area contributed by atoms with E-state index in [0.717, 1.165) is 30.5 Å². The highest BCUT2D eigenvalue weighted by Gasteiger charge is 2.19. The molecule has 0 unspecified atom stereocenters. The van der Waals surface area contributed by atoms with Crippen LogP contribution in [0.2, 0.25) is 0 Å². The van der Waals surface area contributed by atoms with Crippen LogP contribution in [0.25, 0.3) is 0 Å². The van der Waals surface area contributed by atoms with E-state index in [1.807, 2.05) is 48.5 Å². The van der Waals surface area contributed by atoms with E-state index < -0.39 is 0 Å². The summed E-state index contributed by atoms with van der Waals surface area (Å²) in [6, 6.07) is 24.0. The van der Waals surface area contributed by atoms with E-state index in [4.69, 9.17) is 9.47 Å². The summed E-state index contributed by atoms with van der Waals surface area (Å²) in [7, 11) is 0. The van der Waals surface area contributed by atoms with Gasteiger partial charge in [0, 0.05) is 19.7 Å². The number of nitrogens with zero attached hydrogens (tertiary/aromatic N) is 1. The molecule has 184 valence electrons. The van der Waals surface area contributed by atoms with Gasteiger partial charge in [0.15, 0.2) is 0 Å². The second-order valence-electron chi connectivity index (χ2n) is 8.89. The van der Waals surface area contributed by atoms with Crippen molar-refractivity contribution in [2.24, 2.45) is 0 Å². The summed E-state index contributed by atoms with van der Waals surface area (Å²) >= 11 is 0. The Balaban J connectivity index is 1.46. The van der Waals surface area contributed by atoms with Gasteiger partial charge in [-0.2, -0.15) is 0 Å². The number of hydrogen-bond acceptors (Lipinski definition) is 4. The normalized spacial score (nSPS) is 18.4. The Morgan fingerprint density at radius 3 is 2.46 bits per heavy atom. The zero-order chi connectivity index (χ0) is 24.3. The van der Waals surface area contributed by atoms with Crippen molar-refractivity contribution in [3.05, 3.63) is 101 Å². The Hall–Kier alpha value is -3.22. The molecule has 0 radical (unpaired) electrons. The first kappa shape index (κ1) is 24.9. The van der Waals surface area contributed by atoms with E-state index in [0.29, 0.717) is 50.6 Å². The van der Waals surface area contributed by atoms with Gasteiger partial charge in [-0.15, -0.1) is 0 Å². The number of ether oxygens (including phenoxy) is 2. The van der Waals surface area contributed by atoms with Crippen LogP contribution >= 0.6 is 0 Å². The molecule has 0 aliphatic carbocycles. The minimum absolute atomic E-state index is 0.141. The second kappa shape index (κ2) is 13.0. The first-order valence-electron chi connectivity index (χ1n) is 12.3. The van der Waals surface area contributed by atoms with E-state index in [9.17, 15) is 9.18 Å². The van der Waals surface area contributed by atoms with Crippen LogP contribution in [0.15, 0.2) is 78.9 Å².